The number of hydrogen-bond donors (Lipinski definition) is 5. The summed E-state index contributed by atoms with van der Waals surface area (Å²) in [7, 11) is -4.40. The second-order valence-corrected chi connectivity index (χ2v) is 16.9. The zero-order valence-corrected chi connectivity index (χ0v) is 36.0. The molecule has 6 N–H and O–H groups in total. The molecule has 10 heteroatoms. The minimum atomic E-state index is -4.40. The molecule has 0 bridgehead atoms. The Hall–Kier alpha value is -1.06. The molecule has 0 saturated heterocycles. The van der Waals surface area contributed by atoms with Crippen molar-refractivity contribution in [1.29, 1.82) is 0 Å². The Labute approximate surface area is 332 Å². The Kier molecular flexibility index (Phi) is 39.4. The Bertz CT molecular complexity index is 919. The lowest BCUT2D eigenvalue weighted by Gasteiger charge is -2.24. The summed E-state index contributed by atoms with van der Waals surface area (Å²) in [5.41, 5.74) is 5.36. The maximum absolute atomic E-state index is 12.8. The van der Waals surface area contributed by atoms with Gasteiger partial charge >= 0.3 is 7.82 Å². The molecular formula is C44H87N2O7P. The number of rotatable bonds is 42. The minimum absolute atomic E-state index is 0.0459. The SMILES string of the molecule is CCCCCCCC/C=C/CC/C=C/C(O)C(COP(=O)(O)OCCN)NC(=O)CC(O)CCCCCCCCCCCCCCCCCCCCCC. The number of phosphoric ester groups is 1. The fourth-order valence-corrected chi connectivity index (χ4v) is 7.42. The predicted octanol–water partition coefficient (Wildman–Crippen LogP) is 11.5. The quantitative estimate of drug-likeness (QED) is 0.0233. The molecule has 0 aromatic heterocycles. The highest BCUT2D eigenvalue weighted by Crippen LogP contribution is 2.43. The number of allylic oxidation sites excluding steroid dienone is 3. The number of unbranched alkanes of at least 4 members (excludes halogenated alkanes) is 26. The van der Waals surface area contributed by atoms with Crippen molar-refractivity contribution in [2.75, 3.05) is 19.8 Å². The molecule has 0 aliphatic carbocycles. The van der Waals surface area contributed by atoms with E-state index in [0.29, 0.717) is 12.8 Å². The van der Waals surface area contributed by atoms with E-state index in [2.05, 4.69) is 31.3 Å². The van der Waals surface area contributed by atoms with Crippen molar-refractivity contribution < 1.29 is 33.5 Å². The van der Waals surface area contributed by atoms with Gasteiger partial charge in [0.05, 0.1) is 37.9 Å². The lowest BCUT2D eigenvalue weighted by Crippen LogP contribution is -2.46. The van der Waals surface area contributed by atoms with Crippen LogP contribution >= 0.6 is 7.82 Å². The highest BCUT2D eigenvalue weighted by molar-refractivity contribution is 7.47. The summed E-state index contributed by atoms with van der Waals surface area (Å²) in [6.07, 6.45) is 42.7. The van der Waals surface area contributed by atoms with Gasteiger partial charge in [-0.1, -0.05) is 199 Å². The van der Waals surface area contributed by atoms with Gasteiger partial charge in [0.2, 0.25) is 5.91 Å². The summed E-state index contributed by atoms with van der Waals surface area (Å²) >= 11 is 0. The van der Waals surface area contributed by atoms with Crippen LogP contribution in [0.3, 0.4) is 0 Å². The molecule has 54 heavy (non-hydrogen) atoms. The Morgan fingerprint density at radius 1 is 0.630 bits per heavy atom. The highest BCUT2D eigenvalue weighted by atomic mass is 31.2. The first-order valence-corrected chi connectivity index (χ1v) is 24.0. The summed E-state index contributed by atoms with van der Waals surface area (Å²) < 4.78 is 22.0. The van der Waals surface area contributed by atoms with Crippen LogP contribution < -0.4 is 11.1 Å². The van der Waals surface area contributed by atoms with E-state index in [1.807, 2.05) is 6.08 Å². The first kappa shape index (κ1) is 52.9. The fraction of sp³-hybridized carbons (Fsp3) is 0.886. The smallest absolute Gasteiger partial charge is 0.393 e. The number of phosphoric acid groups is 1. The van der Waals surface area contributed by atoms with Gasteiger partial charge in [0, 0.05) is 6.54 Å². The van der Waals surface area contributed by atoms with Crippen LogP contribution in [0.5, 0.6) is 0 Å². The topological polar surface area (TPSA) is 151 Å². The summed E-state index contributed by atoms with van der Waals surface area (Å²) in [4.78, 5) is 22.7. The van der Waals surface area contributed by atoms with Crippen LogP contribution in [0.15, 0.2) is 24.3 Å². The van der Waals surface area contributed by atoms with Gasteiger partial charge in [0.15, 0.2) is 0 Å². The molecule has 4 atom stereocenters. The first-order valence-electron chi connectivity index (χ1n) is 22.5. The summed E-state index contributed by atoms with van der Waals surface area (Å²) in [6.45, 7) is 3.95. The number of carbonyl (C=O) groups is 1. The van der Waals surface area contributed by atoms with Crippen LogP contribution in [0.1, 0.15) is 213 Å². The third-order valence-corrected chi connectivity index (χ3v) is 11.1. The van der Waals surface area contributed by atoms with Crippen LogP contribution in [-0.2, 0) is 18.4 Å². The van der Waals surface area contributed by atoms with Gasteiger partial charge in [-0.25, -0.2) is 4.57 Å². The Morgan fingerprint density at radius 2 is 1.06 bits per heavy atom. The van der Waals surface area contributed by atoms with E-state index in [9.17, 15) is 24.5 Å². The number of carbonyl (C=O) groups excluding carboxylic acids is 1. The van der Waals surface area contributed by atoms with E-state index in [-0.39, 0.29) is 19.6 Å². The third-order valence-electron chi connectivity index (χ3n) is 10.1. The normalized spacial score (nSPS) is 14.9. The number of hydrogen-bond acceptors (Lipinski definition) is 7. The molecular weight excluding hydrogens is 699 g/mol. The van der Waals surface area contributed by atoms with Gasteiger partial charge < -0.3 is 26.2 Å². The first-order chi connectivity index (χ1) is 26.3. The Morgan fingerprint density at radius 3 is 1.54 bits per heavy atom. The van der Waals surface area contributed by atoms with Crippen LogP contribution in [0.25, 0.3) is 0 Å². The molecule has 0 aromatic rings. The van der Waals surface area contributed by atoms with Crippen molar-refractivity contribution in [3.63, 3.8) is 0 Å². The zero-order valence-electron chi connectivity index (χ0n) is 35.1. The zero-order chi connectivity index (χ0) is 39.8. The van der Waals surface area contributed by atoms with E-state index in [1.165, 1.54) is 148 Å². The lowest BCUT2D eigenvalue weighted by molar-refractivity contribution is -0.124. The molecule has 0 rings (SSSR count). The fourth-order valence-electron chi connectivity index (χ4n) is 6.66. The van der Waals surface area contributed by atoms with Crippen molar-refractivity contribution in [3.05, 3.63) is 24.3 Å². The largest absolute Gasteiger partial charge is 0.472 e. The number of aliphatic hydroxyl groups is 2. The minimum Gasteiger partial charge on any atom is -0.393 e. The summed E-state index contributed by atoms with van der Waals surface area (Å²) in [5.74, 6) is -0.454. The van der Waals surface area contributed by atoms with Gasteiger partial charge in [-0.15, -0.1) is 0 Å². The van der Waals surface area contributed by atoms with Crippen LogP contribution in [-0.4, -0.2) is 59.0 Å². The molecule has 320 valence electrons. The molecule has 0 saturated carbocycles. The Balaban J connectivity index is 4.21. The van der Waals surface area contributed by atoms with E-state index in [1.54, 1.807) is 6.08 Å². The second kappa shape index (κ2) is 40.1. The van der Waals surface area contributed by atoms with E-state index >= 15 is 0 Å². The molecule has 0 aromatic carbocycles. The van der Waals surface area contributed by atoms with E-state index in [0.717, 1.165) is 32.1 Å². The summed E-state index contributed by atoms with van der Waals surface area (Å²) in [5, 5.41) is 24.0. The molecule has 0 heterocycles. The third kappa shape index (κ3) is 37.8. The van der Waals surface area contributed by atoms with E-state index in [4.69, 9.17) is 14.8 Å². The molecule has 0 spiro atoms. The second-order valence-electron chi connectivity index (χ2n) is 15.4. The lowest BCUT2D eigenvalue weighted by atomic mass is 10.0. The number of amides is 1. The molecule has 0 radical (unpaired) electrons. The molecule has 9 nitrogen and oxygen atoms in total. The number of nitrogens with two attached hydrogens (primary N) is 1. The highest BCUT2D eigenvalue weighted by Gasteiger charge is 2.27. The van der Waals surface area contributed by atoms with Gasteiger partial charge in [-0.2, -0.15) is 0 Å². The average Bonchev–Trinajstić information content (AvgIpc) is 3.15. The predicted molar refractivity (Wildman–Crippen MR) is 227 cm³/mol. The maximum atomic E-state index is 12.8. The molecule has 0 fully saturated rings. The van der Waals surface area contributed by atoms with Gasteiger partial charge in [0.1, 0.15) is 0 Å². The van der Waals surface area contributed by atoms with E-state index < -0.39 is 38.6 Å². The number of nitrogens with one attached hydrogen (secondary N) is 1. The van der Waals surface area contributed by atoms with Crippen LogP contribution in [0.4, 0.5) is 0 Å². The van der Waals surface area contributed by atoms with Crippen molar-refractivity contribution >= 4 is 13.7 Å². The molecule has 0 aliphatic rings. The maximum Gasteiger partial charge on any atom is 0.472 e. The van der Waals surface area contributed by atoms with Crippen molar-refractivity contribution in [2.45, 2.75) is 231 Å². The van der Waals surface area contributed by atoms with Crippen molar-refractivity contribution in [1.82, 2.24) is 5.32 Å². The standard InChI is InChI=1S/C44H87N2O7P/c1-3-5-7-9-11-13-15-17-18-19-20-21-22-23-24-25-27-29-31-33-35-41(47)39-44(49)46-42(40-53-54(50,51)52-38-37-45)43(48)36-34-32-30-28-26-16-14-12-10-8-6-4-2/h26,28,34,36,41-43,47-48H,3-25,27,29-33,35,37-40,45H2,1-2H3,(H,46,49)(H,50,51)/b28-26+,36-34+. The van der Waals surface area contributed by atoms with Crippen LogP contribution in [0, 0.1) is 0 Å². The van der Waals surface area contributed by atoms with Gasteiger partial charge in [-0.05, 0) is 32.1 Å². The molecule has 0 aliphatic heterocycles. The monoisotopic (exact) mass is 787 g/mol. The van der Waals surface area contributed by atoms with Crippen LogP contribution in [0.2, 0.25) is 0 Å². The average molecular weight is 787 g/mol. The molecule has 4 unspecified atom stereocenters. The van der Waals surface area contributed by atoms with Gasteiger partial charge in [0.25, 0.3) is 0 Å². The van der Waals surface area contributed by atoms with Crippen molar-refractivity contribution in [3.8, 4) is 0 Å². The number of aliphatic hydroxyl groups excluding tert-OH is 2. The summed E-state index contributed by atoms with van der Waals surface area (Å²) in [6, 6.07) is -0.995. The van der Waals surface area contributed by atoms with Gasteiger partial charge in [-0.3, -0.25) is 13.8 Å². The van der Waals surface area contributed by atoms with Crippen molar-refractivity contribution in [2.24, 2.45) is 5.73 Å². The molecule has 1 amide bonds.